The highest BCUT2D eigenvalue weighted by Crippen LogP contribution is 2.31. The van der Waals surface area contributed by atoms with E-state index in [9.17, 15) is 9.59 Å². The minimum absolute atomic E-state index is 0.355. The summed E-state index contributed by atoms with van der Waals surface area (Å²) in [6.45, 7) is 15.6. The number of hydrogen-bond acceptors (Lipinski definition) is 8. The van der Waals surface area contributed by atoms with Crippen LogP contribution in [-0.4, -0.2) is 36.1 Å². The summed E-state index contributed by atoms with van der Waals surface area (Å²) in [6.07, 6.45) is 3.02. The molecule has 0 fully saturated rings. The van der Waals surface area contributed by atoms with E-state index in [4.69, 9.17) is 8.83 Å². The van der Waals surface area contributed by atoms with E-state index in [0.29, 0.717) is 33.7 Å². The third-order valence-corrected chi connectivity index (χ3v) is 7.72. The van der Waals surface area contributed by atoms with Crippen LogP contribution in [0.15, 0.2) is 67.2 Å². The third-order valence-electron chi connectivity index (χ3n) is 7.72. The molecule has 0 atom stereocenters. The molecule has 0 amide bonds. The molecule has 0 bridgehead atoms. The zero-order chi connectivity index (χ0) is 28.6. The summed E-state index contributed by atoms with van der Waals surface area (Å²) in [5.41, 5.74) is 5.14. The van der Waals surface area contributed by atoms with Gasteiger partial charge in [0.25, 0.3) is 0 Å². The molecular weight excluding hydrogens is 504 g/mol. The summed E-state index contributed by atoms with van der Waals surface area (Å²) < 4.78 is 11.5. The maximum atomic E-state index is 13.1. The minimum atomic E-state index is -0.478. The van der Waals surface area contributed by atoms with Crippen molar-refractivity contribution in [2.45, 2.75) is 41.5 Å². The second-order valence-electron chi connectivity index (χ2n) is 9.77. The number of anilines is 2. The van der Waals surface area contributed by atoms with E-state index >= 15 is 0 Å². The maximum Gasteiger partial charge on any atom is 0.346 e. The van der Waals surface area contributed by atoms with E-state index in [1.807, 2.05) is 50.2 Å². The lowest BCUT2D eigenvalue weighted by Gasteiger charge is -2.21. The van der Waals surface area contributed by atoms with Gasteiger partial charge >= 0.3 is 11.3 Å². The monoisotopic (exact) mass is 538 g/mol. The van der Waals surface area contributed by atoms with Gasteiger partial charge in [-0.25, -0.2) is 9.59 Å². The molecule has 0 saturated heterocycles. The summed E-state index contributed by atoms with van der Waals surface area (Å²) in [6, 6.07) is 11.8. The number of aromatic nitrogens is 2. The minimum Gasteiger partial charge on any atom is -0.422 e. The van der Waals surface area contributed by atoms with E-state index < -0.39 is 11.3 Å². The average molecular weight is 539 g/mol. The molecule has 0 N–H and O–H groups in total. The fourth-order valence-electron chi connectivity index (χ4n) is 5.44. The number of fused-ring (bicyclic) bond motifs is 2. The number of aryl methyl sites for hydroxylation is 2. The Morgan fingerprint density at radius 3 is 1.32 bits per heavy atom. The normalized spacial score (nSPS) is 11.3. The molecule has 0 aliphatic heterocycles. The summed E-state index contributed by atoms with van der Waals surface area (Å²) in [5, 5.41) is 1.68. The van der Waals surface area contributed by atoms with Crippen molar-refractivity contribution in [1.29, 1.82) is 0 Å². The molecule has 8 nitrogen and oxygen atoms in total. The largest absolute Gasteiger partial charge is 0.422 e. The van der Waals surface area contributed by atoms with Gasteiger partial charge in [-0.3, -0.25) is 9.97 Å². The van der Waals surface area contributed by atoms with Gasteiger partial charge in [-0.05, 0) is 76.9 Å². The highest BCUT2D eigenvalue weighted by Gasteiger charge is 2.19. The van der Waals surface area contributed by atoms with Crippen LogP contribution >= 0.6 is 0 Å². The van der Waals surface area contributed by atoms with Crippen LogP contribution in [0.4, 0.5) is 11.4 Å². The zero-order valence-electron chi connectivity index (χ0n) is 23.9. The first-order valence-electron chi connectivity index (χ1n) is 13.8. The van der Waals surface area contributed by atoms with Crippen molar-refractivity contribution < 1.29 is 8.83 Å². The van der Waals surface area contributed by atoms with E-state index in [1.165, 1.54) is 12.4 Å². The van der Waals surface area contributed by atoms with Crippen LogP contribution in [0.2, 0.25) is 0 Å². The topological polar surface area (TPSA) is 92.7 Å². The highest BCUT2D eigenvalue weighted by atomic mass is 16.4. The van der Waals surface area contributed by atoms with Crippen molar-refractivity contribution in [3.05, 3.63) is 80.8 Å². The van der Waals surface area contributed by atoms with Gasteiger partial charge in [0.05, 0.1) is 34.9 Å². The molecule has 0 aliphatic carbocycles. The van der Waals surface area contributed by atoms with Gasteiger partial charge in [-0.15, -0.1) is 0 Å². The first-order chi connectivity index (χ1) is 19.3. The van der Waals surface area contributed by atoms with Gasteiger partial charge in [0.15, 0.2) is 0 Å². The molecule has 8 heteroatoms. The lowest BCUT2D eigenvalue weighted by atomic mass is 10.0. The average Bonchev–Trinajstić information content (AvgIpc) is 2.95. The Hall–Kier alpha value is -4.46. The number of nitrogens with zero attached hydrogens (tertiary/aromatic N) is 4. The summed E-state index contributed by atoms with van der Waals surface area (Å²) >= 11 is 0. The third kappa shape index (κ3) is 4.63. The summed E-state index contributed by atoms with van der Waals surface area (Å²) in [7, 11) is 0. The molecule has 0 aliphatic rings. The van der Waals surface area contributed by atoms with Crippen LogP contribution in [0.5, 0.6) is 0 Å². The lowest BCUT2D eigenvalue weighted by Crippen LogP contribution is -2.21. The molecule has 3 aromatic heterocycles. The molecule has 0 radical (unpaired) electrons. The van der Waals surface area contributed by atoms with E-state index in [-0.39, 0.29) is 0 Å². The Morgan fingerprint density at radius 1 is 0.625 bits per heavy atom. The van der Waals surface area contributed by atoms with Crippen LogP contribution in [-0.2, 0) is 0 Å². The predicted molar refractivity (Wildman–Crippen MR) is 162 cm³/mol. The van der Waals surface area contributed by atoms with Crippen LogP contribution in [0.3, 0.4) is 0 Å². The van der Waals surface area contributed by atoms with Crippen LogP contribution < -0.4 is 21.1 Å². The molecular formula is C32H34N4O4. The number of hydrogen-bond donors (Lipinski definition) is 0. The molecule has 0 saturated carbocycles. The second-order valence-corrected chi connectivity index (χ2v) is 9.77. The van der Waals surface area contributed by atoms with Gasteiger partial charge in [0, 0.05) is 60.5 Å². The predicted octanol–water partition coefficient (Wildman–Crippen LogP) is 6.33. The van der Waals surface area contributed by atoms with Crippen molar-refractivity contribution in [1.82, 2.24) is 9.97 Å². The van der Waals surface area contributed by atoms with Crippen molar-refractivity contribution >= 4 is 33.3 Å². The van der Waals surface area contributed by atoms with Gasteiger partial charge in [0.1, 0.15) is 11.2 Å². The Morgan fingerprint density at radius 2 is 1.00 bits per heavy atom. The van der Waals surface area contributed by atoms with Gasteiger partial charge < -0.3 is 18.6 Å². The highest BCUT2D eigenvalue weighted by molar-refractivity contribution is 5.89. The van der Waals surface area contributed by atoms with Gasteiger partial charge in [-0.2, -0.15) is 0 Å². The standard InChI is InChI=1S/C32H34N4O4/c1-7-35(8-2)21-11-13-23-19(5)29(31(37)39-27(23)15-21)25-17-34-26(18-33-25)30-20(6)24-14-12-22(36(9-3)10-4)16-28(24)40-32(30)38/h11-18H,7-10H2,1-6H3. The van der Waals surface area contributed by atoms with Gasteiger partial charge in [-0.1, -0.05) is 0 Å². The fraction of sp³-hybridized carbons (Fsp3) is 0.312. The number of rotatable bonds is 8. The second kappa shape index (κ2) is 11.0. The first kappa shape index (κ1) is 27.1. The summed E-state index contributed by atoms with van der Waals surface area (Å²) in [4.78, 5) is 39.6. The van der Waals surface area contributed by atoms with Crippen molar-refractivity contribution in [2.75, 3.05) is 36.0 Å². The van der Waals surface area contributed by atoms with E-state index in [0.717, 1.165) is 59.5 Å². The maximum absolute atomic E-state index is 13.1. The Labute approximate surface area is 232 Å². The molecule has 40 heavy (non-hydrogen) atoms. The molecule has 0 unspecified atom stereocenters. The molecule has 206 valence electrons. The molecule has 0 spiro atoms. The van der Waals surface area contributed by atoms with Crippen LogP contribution in [0.1, 0.15) is 38.8 Å². The van der Waals surface area contributed by atoms with Crippen LogP contribution in [0.25, 0.3) is 44.5 Å². The van der Waals surface area contributed by atoms with Crippen LogP contribution in [0, 0.1) is 13.8 Å². The fourth-order valence-corrected chi connectivity index (χ4v) is 5.44. The Kier molecular flexibility index (Phi) is 7.43. The smallest absolute Gasteiger partial charge is 0.346 e. The number of benzene rings is 2. The molecule has 5 aromatic rings. The van der Waals surface area contributed by atoms with E-state index in [2.05, 4.69) is 47.5 Å². The van der Waals surface area contributed by atoms with Crippen molar-refractivity contribution in [2.24, 2.45) is 0 Å². The SMILES string of the molecule is CCN(CC)c1ccc2c(C)c(-c3cnc(-c4c(C)c5ccc(N(CC)CC)cc5oc4=O)cn3)c(=O)oc2c1. The van der Waals surface area contributed by atoms with E-state index in [1.54, 1.807) is 0 Å². The lowest BCUT2D eigenvalue weighted by molar-refractivity contribution is 0.561. The molecule has 2 aromatic carbocycles. The zero-order valence-corrected chi connectivity index (χ0v) is 23.9. The molecule has 3 heterocycles. The van der Waals surface area contributed by atoms with Gasteiger partial charge in [0.2, 0.25) is 0 Å². The quantitative estimate of drug-likeness (QED) is 0.212. The Balaban J connectivity index is 1.54. The van der Waals surface area contributed by atoms with Crippen molar-refractivity contribution in [3.63, 3.8) is 0 Å². The van der Waals surface area contributed by atoms with Crippen molar-refractivity contribution in [3.8, 4) is 22.5 Å². The summed E-state index contributed by atoms with van der Waals surface area (Å²) in [5.74, 6) is 0. The first-order valence-corrected chi connectivity index (χ1v) is 13.8. The Bertz CT molecular complexity index is 1680. The molecule has 5 rings (SSSR count).